The number of halogens is 2. The maximum absolute atomic E-state index is 11.9. The fourth-order valence-corrected chi connectivity index (χ4v) is 2.77. The lowest BCUT2D eigenvalue weighted by molar-refractivity contribution is 0.581. The first-order chi connectivity index (χ1) is 6.42. The van der Waals surface area contributed by atoms with Crippen molar-refractivity contribution in [3.8, 4) is 0 Å². The molecule has 0 N–H and O–H groups in total. The Bertz CT molecular complexity index is 398. The van der Waals surface area contributed by atoms with Gasteiger partial charge in [-0.1, -0.05) is 18.2 Å². The Morgan fingerprint density at radius 2 is 1.79 bits per heavy atom. The third kappa shape index (κ3) is 2.05. The van der Waals surface area contributed by atoms with Crippen LogP contribution >= 0.6 is 23.2 Å². The fourth-order valence-electron chi connectivity index (χ4n) is 0.917. The first-order valence-corrected chi connectivity index (χ1v) is 6.36. The molecule has 0 aliphatic rings. The zero-order chi connectivity index (χ0) is 10.8. The van der Waals surface area contributed by atoms with E-state index in [1.165, 1.54) is 19.1 Å². The smallest absolute Gasteiger partial charge is 0.198 e. The van der Waals surface area contributed by atoms with Crippen molar-refractivity contribution in [2.75, 3.05) is 5.88 Å². The maximum Gasteiger partial charge on any atom is 0.198 e. The molecule has 14 heavy (non-hydrogen) atoms. The Balaban J connectivity index is 3.23. The molecule has 0 fully saturated rings. The molecular weight excluding hydrogens is 243 g/mol. The van der Waals surface area contributed by atoms with Crippen LogP contribution in [0.3, 0.4) is 0 Å². The minimum atomic E-state index is -3.56. The molecule has 78 valence electrons. The van der Waals surface area contributed by atoms with E-state index in [1.807, 2.05) is 0 Å². The van der Waals surface area contributed by atoms with Crippen LogP contribution < -0.4 is 0 Å². The second kappa shape index (κ2) is 4.09. The molecule has 0 aliphatic heterocycles. The van der Waals surface area contributed by atoms with Crippen molar-refractivity contribution in [1.82, 2.24) is 0 Å². The number of sulfone groups is 1. The number of alkyl halides is 2. The quantitative estimate of drug-likeness (QED) is 0.776. The lowest BCUT2D eigenvalue weighted by Gasteiger charge is -2.19. The molecule has 0 aromatic heterocycles. The van der Waals surface area contributed by atoms with Crippen molar-refractivity contribution in [1.29, 1.82) is 0 Å². The summed E-state index contributed by atoms with van der Waals surface area (Å²) >= 11 is 11.3. The molecule has 1 aromatic carbocycles. The average Bonchev–Trinajstić information content (AvgIpc) is 2.19. The first kappa shape index (κ1) is 11.8. The predicted molar refractivity (Wildman–Crippen MR) is 58.6 cm³/mol. The van der Waals surface area contributed by atoms with Crippen LogP contribution in [0.25, 0.3) is 0 Å². The standard InChI is InChI=1S/C9H10Cl2O2S/c1-9(11,7-10)14(12,13)8-5-3-2-4-6-8/h2-6H,7H2,1H3. The van der Waals surface area contributed by atoms with Crippen LogP contribution in [0, 0.1) is 0 Å². The van der Waals surface area contributed by atoms with E-state index in [0.29, 0.717) is 0 Å². The summed E-state index contributed by atoms with van der Waals surface area (Å²) < 4.78 is 22.3. The van der Waals surface area contributed by atoms with E-state index in [4.69, 9.17) is 23.2 Å². The van der Waals surface area contributed by atoms with Gasteiger partial charge in [-0.25, -0.2) is 8.42 Å². The van der Waals surface area contributed by atoms with Gasteiger partial charge in [-0.2, -0.15) is 0 Å². The van der Waals surface area contributed by atoms with Gasteiger partial charge in [0.25, 0.3) is 0 Å². The molecular formula is C9H10Cl2O2S. The Hall–Kier alpha value is -0.250. The summed E-state index contributed by atoms with van der Waals surface area (Å²) in [5.41, 5.74) is 0. The van der Waals surface area contributed by atoms with Crippen LogP contribution in [0.4, 0.5) is 0 Å². The van der Waals surface area contributed by atoms with E-state index in [9.17, 15) is 8.42 Å². The van der Waals surface area contributed by atoms with Crippen LogP contribution in [-0.4, -0.2) is 18.5 Å². The topological polar surface area (TPSA) is 34.1 Å². The number of benzene rings is 1. The van der Waals surface area contributed by atoms with Gasteiger partial charge in [0, 0.05) is 0 Å². The van der Waals surface area contributed by atoms with Gasteiger partial charge in [0.15, 0.2) is 14.0 Å². The Morgan fingerprint density at radius 3 is 2.21 bits per heavy atom. The number of hydrogen-bond donors (Lipinski definition) is 0. The molecule has 1 aromatic rings. The van der Waals surface area contributed by atoms with Crippen LogP contribution in [0.1, 0.15) is 6.92 Å². The third-order valence-electron chi connectivity index (χ3n) is 1.85. The highest BCUT2D eigenvalue weighted by Crippen LogP contribution is 2.30. The second-order valence-corrected chi connectivity index (χ2v) is 6.76. The van der Waals surface area contributed by atoms with Crippen molar-refractivity contribution >= 4 is 33.0 Å². The summed E-state index contributed by atoms with van der Waals surface area (Å²) in [6.45, 7) is 1.39. The predicted octanol–water partition coefficient (Wildman–Crippen LogP) is 2.65. The molecule has 0 radical (unpaired) electrons. The van der Waals surface area contributed by atoms with E-state index < -0.39 is 14.0 Å². The van der Waals surface area contributed by atoms with E-state index >= 15 is 0 Å². The highest BCUT2D eigenvalue weighted by Gasteiger charge is 2.37. The molecule has 0 spiro atoms. The van der Waals surface area contributed by atoms with Crippen LogP contribution in [0.5, 0.6) is 0 Å². The zero-order valence-corrected chi connectivity index (χ0v) is 9.90. The van der Waals surface area contributed by atoms with Gasteiger partial charge in [-0.15, -0.1) is 23.2 Å². The van der Waals surface area contributed by atoms with E-state index in [0.717, 1.165) is 0 Å². The van der Waals surface area contributed by atoms with Gasteiger partial charge >= 0.3 is 0 Å². The van der Waals surface area contributed by atoms with Gasteiger partial charge in [0.2, 0.25) is 0 Å². The Kier molecular flexibility index (Phi) is 3.45. The fraction of sp³-hybridized carbons (Fsp3) is 0.333. The van der Waals surface area contributed by atoms with Crippen molar-refractivity contribution in [2.45, 2.75) is 16.0 Å². The summed E-state index contributed by atoms with van der Waals surface area (Å²) in [6.07, 6.45) is 0. The summed E-state index contributed by atoms with van der Waals surface area (Å²) in [4.78, 5) is 0.193. The normalized spacial score (nSPS) is 16.2. The lowest BCUT2D eigenvalue weighted by atomic mass is 10.4. The molecule has 0 saturated heterocycles. The van der Waals surface area contributed by atoms with Gasteiger partial charge in [0.05, 0.1) is 10.8 Å². The largest absolute Gasteiger partial charge is 0.222 e. The molecule has 0 saturated carbocycles. The van der Waals surface area contributed by atoms with Crippen molar-refractivity contribution in [3.05, 3.63) is 30.3 Å². The number of rotatable bonds is 3. The van der Waals surface area contributed by atoms with Gasteiger partial charge < -0.3 is 0 Å². The summed E-state index contributed by atoms with van der Waals surface area (Å²) in [5, 5.41) is 0. The lowest BCUT2D eigenvalue weighted by Crippen LogP contribution is -2.30. The molecule has 1 atom stereocenters. The van der Waals surface area contributed by atoms with Crippen LogP contribution in [-0.2, 0) is 9.84 Å². The molecule has 0 amide bonds. The summed E-state index contributed by atoms with van der Waals surface area (Å²) in [5.74, 6) is -0.147. The van der Waals surface area contributed by atoms with Crippen molar-refractivity contribution in [3.63, 3.8) is 0 Å². The minimum Gasteiger partial charge on any atom is -0.222 e. The Labute approximate surface area is 93.8 Å². The number of hydrogen-bond acceptors (Lipinski definition) is 2. The minimum absolute atomic E-state index is 0.147. The summed E-state index contributed by atoms with van der Waals surface area (Å²) in [7, 11) is -3.56. The third-order valence-corrected chi connectivity index (χ3v) is 5.58. The molecule has 0 aliphatic carbocycles. The van der Waals surface area contributed by atoms with Crippen LogP contribution in [0.2, 0.25) is 0 Å². The monoisotopic (exact) mass is 252 g/mol. The van der Waals surface area contributed by atoms with Crippen LogP contribution in [0.15, 0.2) is 35.2 Å². The average molecular weight is 253 g/mol. The van der Waals surface area contributed by atoms with E-state index in [-0.39, 0.29) is 10.8 Å². The van der Waals surface area contributed by atoms with Gasteiger partial charge in [0.1, 0.15) is 0 Å². The van der Waals surface area contributed by atoms with Gasteiger partial charge in [-0.05, 0) is 19.1 Å². The second-order valence-electron chi connectivity index (χ2n) is 3.05. The zero-order valence-electron chi connectivity index (χ0n) is 7.57. The highest BCUT2D eigenvalue weighted by molar-refractivity contribution is 7.94. The van der Waals surface area contributed by atoms with Gasteiger partial charge in [-0.3, -0.25) is 0 Å². The summed E-state index contributed by atoms with van der Waals surface area (Å²) in [6, 6.07) is 8.04. The highest BCUT2D eigenvalue weighted by atomic mass is 35.5. The SMILES string of the molecule is CC(Cl)(CCl)S(=O)(=O)c1ccccc1. The molecule has 0 heterocycles. The van der Waals surface area contributed by atoms with Crippen molar-refractivity contribution < 1.29 is 8.42 Å². The molecule has 1 rings (SSSR count). The maximum atomic E-state index is 11.9. The first-order valence-electron chi connectivity index (χ1n) is 3.96. The Morgan fingerprint density at radius 1 is 1.29 bits per heavy atom. The molecule has 0 bridgehead atoms. The van der Waals surface area contributed by atoms with E-state index in [2.05, 4.69) is 0 Å². The van der Waals surface area contributed by atoms with Crippen molar-refractivity contribution in [2.24, 2.45) is 0 Å². The molecule has 5 heteroatoms. The molecule has 2 nitrogen and oxygen atoms in total. The molecule has 1 unspecified atom stereocenters. The van der Waals surface area contributed by atoms with E-state index in [1.54, 1.807) is 18.2 Å².